The molecule has 2 aliphatic rings. The van der Waals surface area contributed by atoms with Crippen LogP contribution in [0.1, 0.15) is 36.0 Å². The van der Waals surface area contributed by atoms with Crippen LogP contribution in [0.4, 0.5) is 0 Å². The van der Waals surface area contributed by atoms with Crippen molar-refractivity contribution in [3.05, 3.63) is 35.9 Å². The van der Waals surface area contributed by atoms with Gasteiger partial charge >= 0.3 is 0 Å². The highest BCUT2D eigenvalue weighted by Gasteiger charge is 2.38. The summed E-state index contributed by atoms with van der Waals surface area (Å²) in [5.74, 6) is -0.269. The molecule has 0 saturated carbocycles. The molecular formula is C19H26N2O4. The van der Waals surface area contributed by atoms with Gasteiger partial charge in [-0.05, 0) is 37.8 Å². The topological polar surface area (TPSA) is 78.9 Å². The van der Waals surface area contributed by atoms with Crippen LogP contribution in [0.5, 0.6) is 0 Å². The van der Waals surface area contributed by atoms with Crippen molar-refractivity contribution in [1.29, 1.82) is 0 Å². The zero-order chi connectivity index (χ0) is 17.7. The molecule has 0 radical (unpaired) electrons. The first-order valence-electron chi connectivity index (χ1n) is 8.98. The third kappa shape index (κ3) is 4.19. The van der Waals surface area contributed by atoms with Crippen LogP contribution in [0.25, 0.3) is 0 Å². The Hall–Kier alpha value is -1.92. The van der Waals surface area contributed by atoms with E-state index in [9.17, 15) is 14.7 Å². The van der Waals surface area contributed by atoms with Crippen molar-refractivity contribution in [2.24, 2.45) is 5.92 Å². The minimum Gasteiger partial charge on any atom is -0.396 e. The monoisotopic (exact) mass is 346 g/mol. The van der Waals surface area contributed by atoms with Crippen molar-refractivity contribution >= 4 is 11.8 Å². The third-order valence-electron chi connectivity index (χ3n) is 5.18. The maximum atomic E-state index is 12.8. The number of carbonyl (C=O) groups excluding carboxylic acids is 2. The van der Waals surface area contributed by atoms with Crippen LogP contribution in [0, 0.1) is 5.92 Å². The molecule has 2 heterocycles. The summed E-state index contributed by atoms with van der Waals surface area (Å²) in [4.78, 5) is 27.1. The Kier molecular flexibility index (Phi) is 5.71. The Morgan fingerprint density at radius 1 is 1.32 bits per heavy atom. The van der Waals surface area contributed by atoms with E-state index in [1.807, 2.05) is 18.2 Å². The molecule has 2 N–H and O–H groups in total. The average Bonchev–Trinajstić information content (AvgIpc) is 3.10. The largest absolute Gasteiger partial charge is 0.396 e. The SMILES string of the molecule is O=C(N[C@@]1(CCO)CCOC1)[C@@H]1CCCN(C(=O)c2ccccc2)C1. The number of likely N-dealkylation sites (tertiary alicyclic amines) is 1. The van der Waals surface area contributed by atoms with Gasteiger partial charge in [-0.15, -0.1) is 0 Å². The molecule has 1 aromatic carbocycles. The molecule has 25 heavy (non-hydrogen) atoms. The van der Waals surface area contributed by atoms with Gasteiger partial charge in [0.2, 0.25) is 5.91 Å². The van der Waals surface area contributed by atoms with Gasteiger partial charge in [0.15, 0.2) is 0 Å². The molecule has 0 aliphatic carbocycles. The molecule has 2 saturated heterocycles. The highest BCUT2D eigenvalue weighted by Crippen LogP contribution is 2.25. The van der Waals surface area contributed by atoms with E-state index >= 15 is 0 Å². The van der Waals surface area contributed by atoms with Gasteiger partial charge in [0.1, 0.15) is 0 Å². The number of carbonyl (C=O) groups is 2. The number of amides is 2. The van der Waals surface area contributed by atoms with Gasteiger partial charge in [-0.1, -0.05) is 18.2 Å². The van der Waals surface area contributed by atoms with E-state index in [4.69, 9.17) is 4.74 Å². The van der Waals surface area contributed by atoms with Crippen LogP contribution >= 0.6 is 0 Å². The molecule has 0 aromatic heterocycles. The number of rotatable bonds is 5. The zero-order valence-corrected chi connectivity index (χ0v) is 14.4. The fourth-order valence-corrected chi connectivity index (χ4v) is 3.68. The van der Waals surface area contributed by atoms with Gasteiger partial charge in [-0.2, -0.15) is 0 Å². The number of piperidine rings is 1. The Morgan fingerprint density at radius 2 is 2.12 bits per heavy atom. The van der Waals surface area contributed by atoms with E-state index in [0.717, 1.165) is 19.3 Å². The van der Waals surface area contributed by atoms with Crippen LogP contribution < -0.4 is 5.32 Å². The fourth-order valence-electron chi connectivity index (χ4n) is 3.68. The minimum atomic E-state index is -0.461. The lowest BCUT2D eigenvalue weighted by Gasteiger charge is -2.35. The molecule has 6 heteroatoms. The molecule has 2 fully saturated rings. The first-order valence-corrected chi connectivity index (χ1v) is 8.98. The summed E-state index contributed by atoms with van der Waals surface area (Å²) < 4.78 is 5.43. The normalized spacial score (nSPS) is 26.4. The first kappa shape index (κ1) is 17.9. The van der Waals surface area contributed by atoms with Gasteiger partial charge in [0, 0.05) is 31.9 Å². The lowest BCUT2D eigenvalue weighted by molar-refractivity contribution is -0.128. The number of hydrogen-bond acceptors (Lipinski definition) is 4. The number of ether oxygens (including phenoxy) is 1. The predicted molar refractivity (Wildman–Crippen MR) is 93.1 cm³/mol. The lowest BCUT2D eigenvalue weighted by atomic mass is 9.91. The molecule has 0 unspecified atom stereocenters. The summed E-state index contributed by atoms with van der Waals surface area (Å²) >= 11 is 0. The summed E-state index contributed by atoms with van der Waals surface area (Å²) in [6.45, 7) is 2.19. The van der Waals surface area contributed by atoms with Gasteiger partial charge in [0.05, 0.1) is 18.1 Å². The van der Waals surface area contributed by atoms with Gasteiger partial charge in [0.25, 0.3) is 5.91 Å². The van der Waals surface area contributed by atoms with Crippen molar-refractivity contribution in [2.45, 2.75) is 31.2 Å². The van der Waals surface area contributed by atoms with Crippen molar-refractivity contribution < 1.29 is 19.4 Å². The van der Waals surface area contributed by atoms with Crippen LogP contribution in [0.2, 0.25) is 0 Å². The summed E-state index contributed by atoms with van der Waals surface area (Å²) in [7, 11) is 0. The second-order valence-corrected chi connectivity index (χ2v) is 7.00. The second kappa shape index (κ2) is 7.97. The van der Waals surface area contributed by atoms with E-state index in [1.54, 1.807) is 17.0 Å². The van der Waals surface area contributed by atoms with Gasteiger partial charge in [-0.3, -0.25) is 9.59 Å². The molecule has 0 spiro atoms. The van der Waals surface area contributed by atoms with Crippen molar-refractivity contribution in [3.8, 4) is 0 Å². The minimum absolute atomic E-state index is 0.0208. The van der Waals surface area contributed by atoms with Crippen molar-refractivity contribution in [1.82, 2.24) is 10.2 Å². The summed E-state index contributed by atoms with van der Waals surface area (Å²) in [6.07, 6.45) is 2.82. The highest BCUT2D eigenvalue weighted by atomic mass is 16.5. The maximum Gasteiger partial charge on any atom is 0.253 e. The Balaban J connectivity index is 1.62. The molecule has 1 aromatic rings. The zero-order valence-electron chi connectivity index (χ0n) is 14.4. The standard InChI is InChI=1S/C19H26N2O4/c22-11-8-19(9-12-25-14-19)20-17(23)16-7-4-10-21(13-16)18(24)15-5-2-1-3-6-15/h1-3,5-6,16,22H,4,7-14H2,(H,20,23)/t16-,19+/m1/s1. The Bertz CT molecular complexity index is 599. The predicted octanol–water partition coefficient (Wildman–Crippen LogP) is 1.20. The molecule has 0 bridgehead atoms. The van der Waals surface area contributed by atoms with E-state index in [0.29, 0.717) is 38.3 Å². The van der Waals surface area contributed by atoms with Crippen molar-refractivity contribution in [3.63, 3.8) is 0 Å². The number of nitrogens with one attached hydrogen (secondary N) is 1. The molecule has 2 aliphatic heterocycles. The Morgan fingerprint density at radius 3 is 2.80 bits per heavy atom. The van der Waals surface area contributed by atoms with E-state index in [1.165, 1.54) is 0 Å². The Labute approximate surface area is 148 Å². The summed E-state index contributed by atoms with van der Waals surface area (Å²) in [5, 5.41) is 12.4. The quantitative estimate of drug-likeness (QED) is 0.840. The maximum absolute atomic E-state index is 12.8. The van der Waals surface area contributed by atoms with Crippen LogP contribution in [-0.2, 0) is 9.53 Å². The lowest BCUT2D eigenvalue weighted by Crippen LogP contribution is -2.54. The van der Waals surface area contributed by atoms with E-state index in [-0.39, 0.29) is 24.3 Å². The number of nitrogens with zero attached hydrogens (tertiary/aromatic N) is 1. The summed E-state index contributed by atoms with van der Waals surface area (Å²) in [6, 6.07) is 9.18. The van der Waals surface area contributed by atoms with E-state index < -0.39 is 5.54 Å². The van der Waals surface area contributed by atoms with Crippen LogP contribution in [-0.4, -0.2) is 60.3 Å². The fraction of sp³-hybridized carbons (Fsp3) is 0.579. The van der Waals surface area contributed by atoms with Crippen molar-refractivity contribution in [2.75, 3.05) is 32.9 Å². The first-order chi connectivity index (χ1) is 12.1. The highest BCUT2D eigenvalue weighted by molar-refractivity contribution is 5.94. The molecule has 6 nitrogen and oxygen atoms in total. The smallest absolute Gasteiger partial charge is 0.253 e. The molecule has 2 atom stereocenters. The second-order valence-electron chi connectivity index (χ2n) is 7.00. The molecule has 3 rings (SSSR count). The number of hydrogen-bond donors (Lipinski definition) is 2. The van der Waals surface area contributed by atoms with Gasteiger partial charge in [-0.25, -0.2) is 0 Å². The van der Waals surface area contributed by atoms with E-state index in [2.05, 4.69) is 5.32 Å². The average molecular weight is 346 g/mol. The third-order valence-corrected chi connectivity index (χ3v) is 5.18. The number of aliphatic hydroxyl groups excluding tert-OH is 1. The summed E-state index contributed by atoms with van der Waals surface area (Å²) in [5.41, 5.74) is 0.196. The molecule has 136 valence electrons. The van der Waals surface area contributed by atoms with Gasteiger partial charge < -0.3 is 20.1 Å². The van der Waals surface area contributed by atoms with Crippen LogP contribution in [0.3, 0.4) is 0 Å². The number of benzene rings is 1. The van der Waals surface area contributed by atoms with Crippen LogP contribution in [0.15, 0.2) is 30.3 Å². The number of aliphatic hydroxyl groups is 1. The molecule has 2 amide bonds. The molecular weight excluding hydrogens is 320 g/mol.